The second kappa shape index (κ2) is 5.46. The molecule has 21 heavy (non-hydrogen) atoms. The normalized spacial score (nSPS) is 11.3. The van der Waals surface area contributed by atoms with Gasteiger partial charge in [0.1, 0.15) is 4.83 Å². The van der Waals surface area contributed by atoms with E-state index in [9.17, 15) is 4.79 Å². The minimum atomic E-state index is -0.991. The van der Waals surface area contributed by atoms with Gasteiger partial charge in [-0.2, -0.15) is 0 Å². The van der Waals surface area contributed by atoms with Crippen molar-refractivity contribution >= 4 is 33.6 Å². The molecule has 0 aliphatic heterocycles. The number of hydrogen-bond donors (Lipinski definition) is 1. The minimum absolute atomic E-state index is 0.606. The highest BCUT2D eigenvalue weighted by Gasteiger charge is 2.10. The number of fused-ring (bicyclic) bond motifs is 1. The van der Waals surface area contributed by atoms with Gasteiger partial charge in [0.2, 0.25) is 0 Å². The first-order chi connectivity index (χ1) is 10.1. The quantitative estimate of drug-likeness (QED) is 0.747. The van der Waals surface area contributed by atoms with Gasteiger partial charge in [-0.25, -0.2) is 14.8 Å². The molecule has 0 unspecified atom stereocenters. The van der Waals surface area contributed by atoms with Gasteiger partial charge in [0, 0.05) is 21.9 Å². The number of thiophene rings is 1. The lowest BCUT2D eigenvalue weighted by molar-refractivity contribution is -0.131. The number of rotatable bonds is 3. The van der Waals surface area contributed by atoms with Gasteiger partial charge >= 0.3 is 5.97 Å². The van der Waals surface area contributed by atoms with Crippen LogP contribution in [0.5, 0.6) is 0 Å². The van der Waals surface area contributed by atoms with Crippen molar-refractivity contribution in [3.05, 3.63) is 53.0 Å². The zero-order chi connectivity index (χ0) is 14.8. The average molecular weight is 296 g/mol. The third-order valence-corrected chi connectivity index (χ3v) is 3.91. The molecule has 0 atom stereocenters. The van der Waals surface area contributed by atoms with Crippen molar-refractivity contribution in [2.45, 2.75) is 6.92 Å². The number of aliphatic carboxylic acids is 1. The molecule has 0 saturated heterocycles. The predicted molar refractivity (Wildman–Crippen MR) is 84.3 cm³/mol. The van der Waals surface area contributed by atoms with E-state index >= 15 is 0 Å². The maximum absolute atomic E-state index is 10.7. The monoisotopic (exact) mass is 296 g/mol. The van der Waals surface area contributed by atoms with E-state index < -0.39 is 5.97 Å². The van der Waals surface area contributed by atoms with E-state index in [1.54, 1.807) is 11.3 Å². The van der Waals surface area contributed by atoms with E-state index in [4.69, 9.17) is 5.11 Å². The Morgan fingerprint density at radius 2 is 2.00 bits per heavy atom. The van der Waals surface area contributed by atoms with E-state index in [-0.39, 0.29) is 0 Å². The summed E-state index contributed by atoms with van der Waals surface area (Å²) in [7, 11) is 0. The van der Waals surface area contributed by atoms with E-state index in [0.29, 0.717) is 11.5 Å². The summed E-state index contributed by atoms with van der Waals surface area (Å²) in [5.41, 5.74) is 1.54. The number of nitrogens with zero attached hydrogens (tertiary/aromatic N) is 2. The lowest BCUT2D eigenvalue weighted by Crippen LogP contribution is -1.93. The number of hydrogen-bond acceptors (Lipinski definition) is 4. The Morgan fingerprint density at radius 1 is 1.24 bits per heavy atom. The van der Waals surface area contributed by atoms with Crippen LogP contribution < -0.4 is 0 Å². The van der Waals surface area contributed by atoms with Gasteiger partial charge < -0.3 is 5.11 Å². The highest BCUT2D eigenvalue weighted by molar-refractivity contribution is 7.18. The van der Waals surface area contributed by atoms with Crippen LogP contribution in [0, 0.1) is 6.92 Å². The molecule has 0 amide bonds. The third-order valence-electron chi connectivity index (χ3n) is 2.96. The van der Waals surface area contributed by atoms with Crippen molar-refractivity contribution in [1.29, 1.82) is 0 Å². The topological polar surface area (TPSA) is 63.1 Å². The van der Waals surface area contributed by atoms with Crippen molar-refractivity contribution in [2.75, 3.05) is 0 Å². The van der Waals surface area contributed by atoms with Crippen molar-refractivity contribution in [2.24, 2.45) is 0 Å². The summed E-state index contributed by atoms with van der Waals surface area (Å²) in [6.45, 7) is 2.00. The first kappa shape index (κ1) is 13.5. The summed E-state index contributed by atoms with van der Waals surface area (Å²) in [4.78, 5) is 21.8. The average Bonchev–Trinajstić information content (AvgIpc) is 2.85. The number of carboxylic acids is 1. The molecule has 0 aliphatic rings. The molecule has 3 aromatic rings. The molecule has 0 aliphatic carbocycles. The SMILES string of the molecule is Cc1cc2c(/C=C/C(=O)O)nc(-c3ccccc3)nc2s1. The summed E-state index contributed by atoms with van der Waals surface area (Å²) in [5, 5.41) is 9.69. The maximum atomic E-state index is 10.7. The second-order valence-electron chi connectivity index (χ2n) is 4.55. The third kappa shape index (κ3) is 2.83. The molecule has 1 N–H and O–H groups in total. The summed E-state index contributed by atoms with van der Waals surface area (Å²) in [6, 6.07) is 11.6. The largest absolute Gasteiger partial charge is 0.478 e. The molecule has 0 saturated carbocycles. The molecule has 104 valence electrons. The number of aryl methyl sites for hydroxylation is 1. The smallest absolute Gasteiger partial charge is 0.328 e. The first-order valence-corrected chi connectivity index (χ1v) is 7.20. The van der Waals surface area contributed by atoms with Crippen LogP contribution in [0.4, 0.5) is 0 Å². The Kier molecular flexibility index (Phi) is 3.50. The Balaban J connectivity index is 2.21. The van der Waals surface area contributed by atoms with Crippen LogP contribution in [0.1, 0.15) is 10.6 Å². The van der Waals surface area contributed by atoms with Crippen LogP contribution in [0.2, 0.25) is 0 Å². The van der Waals surface area contributed by atoms with Gasteiger partial charge in [-0.3, -0.25) is 0 Å². The van der Waals surface area contributed by atoms with E-state index in [1.807, 2.05) is 43.3 Å². The highest BCUT2D eigenvalue weighted by Crippen LogP contribution is 2.28. The molecule has 0 spiro atoms. The fourth-order valence-corrected chi connectivity index (χ4v) is 2.94. The lowest BCUT2D eigenvalue weighted by Gasteiger charge is -2.02. The summed E-state index contributed by atoms with van der Waals surface area (Å²) in [5.74, 6) is -0.384. The zero-order valence-corrected chi connectivity index (χ0v) is 12.1. The van der Waals surface area contributed by atoms with Crippen molar-refractivity contribution in [3.8, 4) is 11.4 Å². The Hall–Kier alpha value is -2.53. The van der Waals surface area contributed by atoms with Crippen molar-refractivity contribution in [3.63, 3.8) is 0 Å². The Labute approximate surface area is 125 Å². The van der Waals surface area contributed by atoms with E-state index in [0.717, 1.165) is 26.7 Å². The van der Waals surface area contributed by atoms with Gasteiger partial charge in [-0.15, -0.1) is 11.3 Å². The van der Waals surface area contributed by atoms with E-state index in [1.165, 1.54) is 6.08 Å². The summed E-state index contributed by atoms with van der Waals surface area (Å²) >= 11 is 1.58. The zero-order valence-electron chi connectivity index (χ0n) is 11.3. The molecule has 0 fully saturated rings. The van der Waals surface area contributed by atoms with Crippen molar-refractivity contribution in [1.82, 2.24) is 9.97 Å². The molecule has 2 aromatic heterocycles. The van der Waals surface area contributed by atoms with Crippen LogP contribution in [0.25, 0.3) is 27.7 Å². The lowest BCUT2D eigenvalue weighted by atomic mass is 10.2. The van der Waals surface area contributed by atoms with Crippen LogP contribution in [-0.4, -0.2) is 21.0 Å². The number of aromatic nitrogens is 2. The number of carboxylic acid groups (broad SMARTS) is 1. The Morgan fingerprint density at radius 3 is 2.71 bits per heavy atom. The van der Waals surface area contributed by atoms with Gasteiger partial charge in [0.25, 0.3) is 0 Å². The van der Waals surface area contributed by atoms with E-state index in [2.05, 4.69) is 9.97 Å². The summed E-state index contributed by atoms with van der Waals surface area (Å²) < 4.78 is 0. The molecule has 0 bridgehead atoms. The van der Waals surface area contributed by atoms with Crippen LogP contribution >= 0.6 is 11.3 Å². The summed E-state index contributed by atoms with van der Waals surface area (Å²) in [6.07, 6.45) is 2.62. The fourth-order valence-electron chi connectivity index (χ4n) is 2.06. The molecule has 4 nitrogen and oxygen atoms in total. The second-order valence-corrected chi connectivity index (χ2v) is 5.78. The molecule has 5 heteroatoms. The molecule has 2 heterocycles. The minimum Gasteiger partial charge on any atom is -0.478 e. The fraction of sp³-hybridized carbons (Fsp3) is 0.0625. The maximum Gasteiger partial charge on any atom is 0.328 e. The van der Waals surface area contributed by atoms with Crippen LogP contribution in [0.15, 0.2) is 42.5 Å². The van der Waals surface area contributed by atoms with Crippen molar-refractivity contribution < 1.29 is 9.90 Å². The van der Waals surface area contributed by atoms with Gasteiger partial charge in [-0.05, 0) is 19.1 Å². The molecule has 0 radical (unpaired) electrons. The standard InChI is InChI=1S/C16H12N2O2S/c1-10-9-12-13(7-8-14(19)20)17-15(18-16(12)21-10)11-5-3-2-4-6-11/h2-9H,1H3,(H,19,20)/b8-7+. The van der Waals surface area contributed by atoms with Gasteiger partial charge in [-0.1, -0.05) is 30.3 Å². The number of benzene rings is 1. The molecule has 3 rings (SSSR count). The number of carbonyl (C=O) groups is 1. The first-order valence-electron chi connectivity index (χ1n) is 6.38. The molecular weight excluding hydrogens is 284 g/mol. The van der Waals surface area contributed by atoms with Gasteiger partial charge in [0.05, 0.1) is 5.69 Å². The van der Waals surface area contributed by atoms with Crippen LogP contribution in [0.3, 0.4) is 0 Å². The Bertz CT molecular complexity index is 838. The predicted octanol–water partition coefficient (Wildman–Crippen LogP) is 3.76. The molecule has 1 aromatic carbocycles. The highest BCUT2D eigenvalue weighted by atomic mass is 32.1. The van der Waals surface area contributed by atoms with Crippen LogP contribution in [-0.2, 0) is 4.79 Å². The van der Waals surface area contributed by atoms with Gasteiger partial charge in [0.15, 0.2) is 5.82 Å². The molecular formula is C16H12N2O2S.